The topological polar surface area (TPSA) is 38.0 Å². The summed E-state index contributed by atoms with van der Waals surface area (Å²) in [6.45, 7) is 1.90. The standard InChI is InChI=1S/C18H26N2/c1-2-3-6-13-17(20-19)18(14-9-5-10-15-18)16-11-7-4-8-12-16/h4,7-8,11-12,17,20H,5-6,9-10,13-15,19H2,1H3. The summed E-state index contributed by atoms with van der Waals surface area (Å²) in [6, 6.07) is 11.2. The first-order chi connectivity index (χ1) is 9.83. The van der Waals surface area contributed by atoms with E-state index >= 15 is 0 Å². The molecule has 0 bridgehead atoms. The lowest BCUT2D eigenvalue weighted by molar-refractivity contribution is 0.205. The zero-order valence-electron chi connectivity index (χ0n) is 12.5. The number of nitrogens with one attached hydrogen (secondary N) is 1. The molecule has 2 rings (SSSR count). The Labute approximate surface area is 123 Å². The molecule has 3 N–H and O–H groups in total. The second-order valence-corrected chi connectivity index (χ2v) is 5.77. The summed E-state index contributed by atoms with van der Waals surface area (Å²) in [4.78, 5) is 0. The Balaban J connectivity index is 2.26. The molecular formula is C18H26N2. The maximum atomic E-state index is 5.91. The second-order valence-electron chi connectivity index (χ2n) is 5.77. The van der Waals surface area contributed by atoms with Gasteiger partial charge in [-0.1, -0.05) is 49.6 Å². The highest BCUT2D eigenvalue weighted by Crippen LogP contribution is 2.43. The molecule has 1 fully saturated rings. The van der Waals surface area contributed by atoms with Gasteiger partial charge in [0.25, 0.3) is 0 Å². The molecular weight excluding hydrogens is 244 g/mol. The van der Waals surface area contributed by atoms with Crippen molar-refractivity contribution in [1.29, 1.82) is 0 Å². The lowest BCUT2D eigenvalue weighted by atomic mass is 9.64. The van der Waals surface area contributed by atoms with Crippen LogP contribution < -0.4 is 11.3 Å². The van der Waals surface area contributed by atoms with Crippen molar-refractivity contribution < 1.29 is 0 Å². The molecule has 1 aromatic carbocycles. The Hall–Kier alpha value is -1.30. The Morgan fingerprint density at radius 3 is 2.50 bits per heavy atom. The van der Waals surface area contributed by atoms with E-state index in [2.05, 4.69) is 47.6 Å². The highest BCUT2D eigenvalue weighted by molar-refractivity contribution is 5.28. The predicted molar refractivity (Wildman–Crippen MR) is 85.0 cm³/mol. The zero-order chi connectivity index (χ0) is 14.3. The molecule has 108 valence electrons. The van der Waals surface area contributed by atoms with Gasteiger partial charge < -0.3 is 0 Å². The Morgan fingerprint density at radius 1 is 1.20 bits per heavy atom. The molecule has 2 heteroatoms. The van der Waals surface area contributed by atoms with E-state index in [4.69, 9.17) is 5.84 Å². The lowest BCUT2D eigenvalue weighted by Crippen LogP contribution is -2.52. The first-order valence-electron chi connectivity index (χ1n) is 7.75. The lowest BCUT2D eigenvalue weighted by Gasteiger charge is -2.44. The SMILES string of the molecule is CC#CCCC(NN)C1(c2ccccc2)CCCCC1. The molecule has 0 heterocycles. The van der Waals surface area contributed by atoms with Gasteiger partial charge in [0.15, 0.2) is 0 Å². The number of nitrogens with two attached hydrogens (primary N) is 1. The van der Waals surface area contributed by atoms with Gasteiger partial charge in [0.1, 0.15) is 0 Å². The maximum absolute atomic E-state index is 5.91. The third-order valence-electron chi connectivity index (χ3n) is 4.70. The fourth-order valence-corrected chi connectivity index (χ4v) is 3.65. The van der Waals surface area contributed by atoms with Gasteiger partial charge in [-0.25, -0.2) is 0 Å². The number of hydrazine groups is 1. The van der Waals surface area contributed by atoms with E-state index in [1.807, 2.05) is 6.92 Å². The van der Waals surface area contributed by atoms with E-state index in [1.165, 1.54) is 37.7 Å². The Kier molecular flexibility index (Phi) is 5.64. The van der Waals surface area contributed by atoms with Gasteiger partial charge in [0.2, 0.25) is 0 Å². The molecule has 0 spiro atoms. The highest BCUT2D eigenvalue weighted by Gasteiger charge is 2.40. The van der Waals surface area contributed by atoms with Crippen LogP contribution in [0.15, 0.2) is 30.3 Å². The van der Waals surface area contributed by atoms with Crippen LogP contribution in [0.25, 0.3) is 0 Å². The molecule has 1 aromatic rings. The van der Waals surface area contributed by atoms with Crippen LogP contribution in [0.3, 0.4) is 0 Å². The molecule has 1 saturated carbocycles. The van der Waals surface area contributed by atoms with Crippen molar-refractivity contribution in [3.63, 3.8) is 0 Å². The molecule has 1 aliphatic carbocycles. The van der Waals surface area contributed by atoms with Crippen molar-refractivity contribution in [3.05, 3.63) is 35.9 Å². The van der Waals surface area contributed by atoms with Gasteiger partial charge in [-0.15, -0.1) is 11.8 Å². The van der Waals surface area contributed by atoms with Crippen molar-refractivity contribution >= 4 is 0 Å². The normalized spacial score (nSPS) is 18.9. The fourth-order valence-electron chi connectivity index (χ4n) is 3.65. The van der Waals surface area contributed by atoms with Gasteiger partial charge in [0.05, 0.1) is 0 Å². The summed E-state index contributed by atoms with van der Waals surface area (Å²) in [7, 11) is 0. The average molecular weight is 270 g/mol. The molecule has 20 heavy (non-hydrogen) atoms. The Bertz CT molecular complexity index is 449. The molecule has 1 aliphatic rings. The first-order valence-corrected chi connectivity index (χ1v) is 7.75. The van der Waals surface area contributed by atoms with Gasteiger partial charge in [-0.05, 0) is 31.7 Å². The third kappa shape index (κ3) is 3.23. The van der Waals surface area contributed by atoms with Crippen LogP contribution in [-0.4, -0.2) is 6.04 Å². The number of hydrogen-bond donors (Lipinski definition) is 2. The summed E-state index contributed by atoms with van der Waals surface area (Å²) < 4.78 is 0. The number of rotatable bonds is 5. The number of hydrogen-bond acceptors (Lipinski definition) is 2. The summed E-state index contributed by atoms with van der Waals surface area (Å²) in [5, 5.41) is 0. The van der Waals surface area contributed by atoms with Crippen molar-refractivity contribution in [1.82, 2.24) is 5.43 Å². The van der Waals surface area contributed by atoms with Crippen molar-refractivity contribution in [3.8, 4) is 11.8 Å². The highest BCUT2D eigenvalue weighted by atomic mass is 15.2. The summed E-state index contributed by atoms with van der Waals surface area (Å²) in [5.74, 6) is 12.1. The van der Waals surface area contributed by atoms with Gasteiger partial charge >= 0.3 is 0 Å². The van der Waals surface area contributed by atoms with E-state index in [0.717, 1.165) is 12.8 Å². The van der Waals surface area contributed by atoms with E-state index < -0.39 is 0 Å². The van der Waals surface area contributed by atoms with Crippen LogP contribution in [0.4, 0.5) is 0 Å². The molecule has 0 saturated heterocycles. The van der Waals surface area contributed by atoms with Crippen molar-refractivity contribution in [2.24, 2.45) is 5.84 Å². The molecule has 1 unspecified atom stereocenters. The van der Waals surface area contributed by atoms with Crippen LogP contribution in [-0.2, 0) is 5.41 Å². The van der Waals surface area contributed by atoms with E-state index in [1.54, 1.807) is 0 Å². The maximum Gasteiger partial charge on any atom is 0.0316 e. The minimum absolute atomic E-state index is 0.184. The molecule has 0 amide bonds. The summed E-state index contributed by atoms with van der Waals surface area (Å²) in [5.41, 5.74) is 4.72. The molecule has 1 atom stereocenters. The van der Waals surface area contributed by atoms with Crippen LogP contribution >= 0.6 is 0 Å². The number of benzene rings is 1. The first kappa shape index (κ1) is 15.1. The van der Waals surface area contributed by atoms with E-state index in [0.29, 0.717) is 6.04 Å². The van der Waals surface area contributed by atoms with Gasteiger partial charge in [-0.2, -0.15) is 0 Å². The van der Waals surface area contributed by atoms with E-state index in [-0.39, 0.29) is 5.41 Å². The minimum atomic E-state index is 0.184. The molecule has 0 radical (unpaired) electrons. The smallest absolute Gasteiger partial charge is 0.0316 e. The van der Waals surface area contributed by atoms with Gasteiger partial charge in [-0.3, -0.25) is 11.3 Å². The second kappa shape index (κ2) is 7.47. The summed E-state index contributed by atoms with van der Waals surface area (Å²) in [6.07, 6.45) is 8.34. The van der Waals surface area contributed by atoms with Crippen molar-refractivity contribution in [2.45, 2.75) is 63.3 Å². The molecule has 0 aromatic heterocycles. The van der Waals surface area contributed by atoms with Crippen LogP contribution in [0.5, 0.6) is 0 Å². The molecule has 0 aliphatic heterocycles. The minimum Gasteiger partial charge on any atom is -0.271 e. The molecule has 2 nitrogen and oxygen atoms in total. The van der Waals surface area contributed by atoms with Crippen LogP contribution in [0, 0.1) is 11.8 Å². The largest absolute Gasteiger partial charge is 0.271 e. The van der Waals surface area contributed by atoms with E-state index in [9.17, 15) is 0 Å². The third-order valence-corrected chi connectivity index (χ3v) is 4.70. The summed E-state index contributed by atoms with van der Waals surface area (Å²) >= 11 is 0. The van der Waals surface area contributed by atoms with Crippen LogP contribution in [0.2, 0.25) is 0 Å². The zero-order valence-corrected chi connectivity index (χ0v) is 12.5. The van der Waals surface area contributed by atoms with Gasteiger partial charge in [0, 0.05) is 17.9 Å². The fraction of sp³-hybridized carbons (Fsp3) is 0.556. The van der Waals surface area contributed by atoms with Crippen LogP contribution in [0.1, 0.15) is 57.4 Å². The monoisotopic (exact) mass is 270 g/mol. The predicted octanol–water partition coefficient (Wildman–Crippen LogP) is 3.52. The van der Waals surface area contributed by atoms with Crippen molar-refractivity contribution in [2.75, 3.05) is 0 Å². The average Bonchev–Trinajstić information content (AvgIpc) is 2.53. The Morgan fingerprint density at radius 2 is 1.90 bits per heavy atom. The quantitative estimate of drug-likeness (QED) is 0.488.